The Kier molecular flexibility index (Phi) is 3.13. The van der Waals surface area contributed by atoms with E-state index in [0.717, 1.165) is 10.9 Å². The first-order chi connectivity index (χ1) is 9.83. The predicted molar refractivity (Wildman–Crippen MR) is 72.0 cm³/mol. The highest BCUT2D eigenvalue weighted by molar-refractivity contribution is 6.29. The Morgan fingerprint density at radius 1 is 1.10 bits per heavy atom. The van der Waals surface area contributed by atoms with Crippen LogP contribution in [0.2, 0.25) is 5.15 Å². The summed E-state index contributed by atoms with van der Waals surface area (Å²) in [7, 11) is 0. The zero-order valence-electron chi connectivity index (χ0n) is 10.7. The molecule has 7 heteroatoms. The van der Waals surface area contributed by atoms with Crippen LogP contribution in [0.1, 0.15) is 11.4 Å². The highest BCUT2D eigenvalue weighted by atomic mass is 35.5. The van der Waals surface area contributed by atoms with Gasteiger partial charge in [-0.15, -0.1) is 0 Å². The van der Waals surface area contributed by atoms with Crippen molar-refractivity contribution in [3.63, 3.8) is 0 Å². The maximum atomic E-state index is 12.7. The van der Waals surface area contributed by atoms with E-state index in [2.05, 4.69) is 9.97 Å². The third kappa shape index (κ3) is 2.71. The molecule has 0 bridgehead atoms. The summed E-state index contributed by atoms with van der Waals surface area (Å²) in [5.41, 5.74) is 1.58. The van der Waals surface area contributed by atoms with Crippen LogP contribution < -0.4 is 0 Å². The maximum Gasteiger partial charge on any atom is 0.451 e. The minimum Gasteiger partial charge on any atom is -0.454 e. The van der Waals surface area contributed by atoms with Crippen LogP contribution >= 0.6 is 11.6 Å². The Morgan fingerprint density at radius 3 is 2.57 bits per heavy atom. The van der Waals surface area contributed by atoms with Crippen molar-refractivity contribution in [3.05, 3.63) is 46.9 Å². The molecule has 0 unspecified atom stereocenters. The molecule has 3 rings (SSSR count). The topological polar surface area (TPSA) is 38.9 Å². The average Bonchev–Trinajstić information content (AvgIpc) is 2.80. The number of aryl methyl sites for hydroxylation is 1. The first-order valence-corrected chi connectivity index (χ1v) is 6.33. The molecule has 0 amide bonds. The second kappa shape index (κ2) is 4.73. The first-order valence-electron chi connectivity index (χ1n) is 5.95. The summed E-state index contributed by atoms with van der Waals surface area (Å²) < 4.78 is 43.6. The molecule has 0 fully saturated rings. The minimum absolute atomic E-state index is 0.00354. The zero-order valence-corrected chi connectivity index (χ0v) is 11.5. The van der Waals surface area contributed by atoms with Crippen LogP contribution in [0.4, 0.5) is 13.2 Å². The summed E-state index contributed by atoms with van der Waals surface area (Å²) in [6.45, 7) is 1.91. The van der Waals surface area contributed by atoms with Crippen LogP contribution in [0.5, 0.6) is 0 Å². The second-order valence-corrected chi connectivity index (χ2v) is 4.94. The molecular weight excluding hydrogens is 305 g/mol. The van der Waals surface area contributed by atoms with Crippen molar-refractivity contribution in [3.8, 4) is 11.5 Å². The predicted octanol–water partition coefficient (Wildman–Crippen LogP) is 4.87. The summed E-state index contributed by atoms with van der Waals surface area (Å²) in [6.07, 6.45) is -4.66. The molecule has 0 N–H and O–H groups in total. The third-order valence-corrected chi connectivity index (χ3v) is 3.07. The van der Waals surface area contributed by atoms with E-state index in [0.29, 0.717) is 5.58 Å². The highest BCUT2D eigenvalue weighted by Gasteiger charge is 2.35. The van der Waals surface area contributed by atoms with Gasteiger partial charge in [0.25, 0.3) is 0 Å². The number of furan rings is 1. The van der Waals surface area contributed by atoms with Crippen molar-refractivity contribution < 1.29 is 17.6 Å². The molecule has 108 valence electrons. The molecule has 0 spiro atoms. The molecule has 2 heterocycles. The molecule has 3 aromatic rings. The lowest BCUT2D eigenvalue weighted by atomic mass is 10.2. The number of alkyl halides is 3. The average molecular weight is 313 g/mol. The van der Waals surface area contributed by atoms with Crippen molar-refractivity contribution in [1.82, 2.24) is 9.97 Å². The number of hydrogen-bond acceptors (Lipinski definition) is 3. The number of fused-ring (bicyclic) bond motifs is 1. The number of nitrogens with zero attached hydrogens (tertiary/aromatic N) is 2. The Hall–Kier alpha value is -2.08. The second-order valence-electron chi connectivity index (χ2n) is 4.55. The SMILES string of the molecule is Cc1ccc2oc(-c3cc(Cl)nc(C(F)(F)F)n3)cc2c1. The van der Waals surface area contributed by atoms with Crippen LogP contribution in [-0.2, 0) is 6.18 Å². The van der Waals surface area contributed by atoms with Crippen LogP contribution in [0.3, 0.4) is 0 Å². The highest BCUT2D eigenvalue weighted by Crippen LogP contribution is 2.32. The molecule has 0 saturated carbocycles. The molecule has 0 saturated heterocycles. The number of halogens is 4. The summed E-state index contributed by atoms with van der Waals surface area (Å²) in [5, 5.41) is 0.497. The van der Waals surface area contributed by atoms with E-state index in [9.17, 15) is 13.2 Å². The zero-order chi connectivity index (χ0) is 15.2. The Labute approximate surface area is 122 Å². The van der Waals surface area contributed by atoms with Crippen molar-refractivity contribution in [2.45, 2.75) is 13.1 Å². The molecule has 0 aliphatic heterocycles. The van der Waals surface area contributed by atoms with Gasteiger partial charge in [0, 0.05) is 11.5 Å². The molecule has 3 nitrogen and oxygen atoms in total. The lowest BCUT2D eigenvalue weighted by Crippen LogP contribution is -2.11. The number of rotatable bonds is 1. The van der Waals surface area contributed by atoms with Crippen molar-refractivity contribution in [1.29, 1.82) is 0 Å². The van der Waals surface area contributed by atoms with Gasteiger partial charge < -0.3 is 4.42 Å². The van der Waals surface area contributed by atoms with Crippen molar-refractivity contribution in [2.24, 2.45) is 0 Å². The van der Waals surface area contributed by atoms with E-state index >= 15 is 0 Å². The normalized spacial score (nSPS) is 12.0. The van der Waals surface area contributed by atoms with Gasteiger partial charge >= 0.3 is 6.18 Å². The van der Waals surface area contributed by atoms with Gasteiger partial charge in [-0.2, -0.15) is 13.2 Å². The fourth-order valence-corrected chi connectivity index (χ4v) is 2.14. The maximum absolute atomic E-state index is 12.7. The van der Waals surface area contributed by atoms with Crippen LogP contribution in [0.25, 0.3) is 22.4 Å². The first kappa shape index (κ1) is 13.9. The van der Waals surface area contributed by atoms with Gasteiger partial charge in [0.1, 0.15) is 16.4 Å². The van der Waals surface area contributed by atoms with E-state index in [4.69, 9.17) is 16.0 Å². The van der Waals surface area contributed by atoms with Gasteiger partial charge in [-0.05, 0) is 25.1 Å². The lowest BCUT2D eigenvalue weighted by Gasteiger charge is -2.06. The summed E-state index contributed by atoms with van der Waals surface area (Å²) >= 11 is 5.64. The van der Waals surface area contributed by atoms with Gasteiger partial charge in [-0.1, -0.05) is 23.2 Å². The molecule has 1 aromatic carbocycles. The summed E-state index contributed by atoms with van der Waals surface area (Å²) in [6, 6.07) is 8.34. The standard InChI is InChI=1S/C14H8ClF3N2O/c1-7-2-3-10-8(4-7)5-11(21-10)9-6-12(15)20-13(19-9)14(16,17)18/h2-6H,1H3. The van der Waals surface area contributed by atoms with Gasteiger partial charge in [0.2, 0.25) is 5.82 Å². The molecule has 0 aliphatic carbocycles. The van der Waals surface area contributed by atoms with Crippen LogP contribution in [0.15, 0.2) is 34.7 Å². The van der Waals surface area contributed by atoms with Gasteiger partial charge in [0.05, 0.1) is 0 Å². The largest absolute Gasteiger partial charge is 0.454 e. The van der Waals surface area contributed by atoms with Gasteiger partial charge in [-0.3, -0.25) is 0 Å². The third-order valence-electron chi connectivity index (χ3n) is 2.87. The van der Waals surface area contributed by atoms with E-state index in [-0.39, 0.29) is 16.6 Å². The molecule has 0 radical (unpaired) electrons. The van der Waals surface area contributed by atoms with Crippen molar-refractivity contribution in [2.75, 3.05) is 0 Å². The van der Waals surface area contributed by atoms with E-state index in [1.807, 2.05) is 19.1 Å². The van der Waals surface area contributed by atoms with E-state index in [1.165, 1.54) is 6.07 Å². The lowest BCUT2D eigenvalue weighted by molar-refractivity contribution is -0.144. The Bertz CT molecular complexity index is 827. The molecular formula is C14H8ClF3N2O. The summed E-state index contributed by atoms with van der Waals surface area (Å²) in [5.74, 6) is -1.08. The molecule has 2 aromatic heterocycles. The fraction of sp³-hybridized carbons (Fsp3) is 0.143. The summed E-state index contributed by atoms with van der Waals surface area (Å²) in [4.78, 5) is 6.66. The fourth-order valence-electron chi connectivity index (χ4n) is 1.96. The Balaban J connectivity index is 2.16. The molecule has 0 aliphatic rings. The number of hydrogen-bond donors (Lipinski definition) is 0. The molecule has 21 heavy (non-hydrogen) atoms. The number of benzene rings is 1. The van der Waals surface area contributed by atoms with E-state index < -0.39 is 12.0 Å². The smallest absolute Gasteiger partial charge is 0.451 e. The quantitative estimate of drug-likeness (QED) is 0.602. The van der Waals surface area contributed by atoms with E-state index in [1.54, 1.807) is 12.1 Å². The van der Waals surface area contributed by atoms with Gasteiger partial charge in [-0.25, -0.2) is 9.97 Å². The minimum atomic E-state index is -4.66. The van der Waals surface area contributed by atoms with Crippen LogP contribution in [0, 0.1) is 6.92 Å². The monoisotopic (exact) mass is 312 g/mol. The van der Waals surface area contributed by atoms with Crippen LogP contribution in [-0.4, -0.2) is 9.97 Å². The number of aromatic nitrogens is 2. The Morgan fingerprint density at radius 2 is 1.86 bits per heavy atom. The van der Waals surface area contributed by atoms with Gasteiger partial charge in [0.15, 0.2) is 5.76 Å². The van der Waals surface area contributed by atoms with Crippen molar-refractivity contribution >= 4 is 22.6 Å². The molecule has 0 atom stereocenters.